The van der Waals surface area contributed by atoms with Gasteiger partial charge in [0.15, 0.2) is 5.30 Å². The molecule has 0 spiro atoms. The Morgan fingerprint density at radius 1 is 0.769 bits per heavy atom. The van der Waals surface area contributed by atoms with Crippen LogP contribution in [0.2, 0.25) is 0 Å². The van der Waals surface area contributed by atoms with Crippen LogP contribution in [0.5, 0.6) is 0 Å². The molecule has 0 fully saturated rings. The summed E-state index contributed by atoms with van der Waals surface area (Å²) in [4.78, 5) is 30.7. The van der Waals surface area contributed by atoms with Gasteiger partial charge in [-0.05, 0) is 59.3 Å². The molecule has 0 aromatic heterocycles. The van der Waals surface area contributed by atoms with Crippen LogP contribution in [-0.2, 0) is 23.7 Å². The maximum atomic E-state index is 10.2. The van der Waals surface area contributed by atoms with E-state index in [-0.39, 0.29) is 10.8 Å². The maximum absolute atomic E-state index is 10.2. The van der Waals surface area contributed by atoms with Gasteiger partial charge in [0, 0.05) is 5.56 Å². The van der Waals surface area contributed by atoms with Crippen LogP contribution >= 0.6 is 7.94 Å². The van der Waals surface area contributed by atoms with E-state index in [2.05, 4.69) is 55.4 Å². The highest BCUT2D eigenvalue weighted by Crippen LogP contribution is 2.49. The molecule has 0 unspecified atom stereocenters. The highest BCUT2D eigenvalue weighted by atomic mass is 31.2. The summed E-state index contributed by atoms with van der Waals surface area (Å²) in [5, 5.41) is 0.357. The third-order valence-corrected chi connectivity index (χ3v) is 5.89. The molecule has 3 nitrogen and oxygen atoms in total. The Bertz CT molecular complexity index is 602. The summed E-state index contributed by atoms with van der Waals surface area (Å²) in [7, 11) is -4.09. The van der Waals surface area contributed by atoms with Crippen molar-refractivity contribution in [3.05, 3.63) is 28.3 Å². The number of hydrogen-bond acceptors (Lipinski definition) is 3. The standard InChI is InChI=1S/C22H40O3P/c1-9-11-13-16-15-18(26(23,24)25)20(22(6,7)8)17(14-12-10-2)19(16)21(3,4)5/h15,23-25H,9-14H2,1-8H3/q+1. The highest BCUT2D eigenvalue weighted by Gasteiger charge is 2.43. The molecule has 0 aliphatic heterocycles. The summed E-state index contributed by atoms with van der Waals surface area (Å²) >= 11 is 0. The van der Waals surface area contributed by atoms with Crippen LogP contribution in [0.3, 0.4) is 0 Å². The molecule has 26 heavy (non-hydrogen) atoms. The lowest BCUT2D eigenvalue weighted by atomic mass is 9.72. The Hall–Kier alpha value is -0.470. The number of hydrogen-bond donors (Lipinski definition) is 3. The van der Waals surface area contributed by atoms with Crippen LogP contribution in [0.15, 0.2) is 6.07 Å². The summed E-state index contributed by atoms with van der Waals surface area (Å²) < 4.78 is 0. The van der Waals surface area contributed by atoms with E-state index < -0.39 is 7.94 Å². The quantitative estimate of drug-likeness (QED) is 0.558. The van der Waals surface area contributed by atoms with Gasteiger partial charge in [-0.25, -0.2) is 0 Å². The minimum Gasteiger partial charge on any atom is -0.189 e. The van der Waals surface area contributed by atoms with Crippen molar-refractivity contribution in [1.82, 2.24) is 0 Å². The van der Waals surface area contributed by atoms with E-state index in [0.29, 0.717) is 5.30 Å². The molecule has 0 amide bonds. The largest absolute Gasteiger partial charge is 0.441 e. The molecule has 1 rings (SSSR count). The zero-order valence-electron chi connectivity index (χ0n) is 18.1. The van der Waals surface area contributed by atoms with Crippen LogP contribution in [0.1, 0.15) is 103 Å². The van der Waals surface area contributed by atoms with Crippen LogP contribution < -0.4 is 5.30 Å². The van der Waals surface area contributed by atoms with E-state index in [1.54, 1.807) is 0 Å². The lowest BCUT2D eigenvalue weighted by Gasteiger charge is -2.34. The normalized spacial score (nSPS) is 13.3. The van der Waals surface area contributed by atoms with Gasteiger partial charge in [0.05, 0.1) is 0 Å². The van der Waals surface area contributed by atoms with Gasteiger partial charge in [-0.15, -0.1) is 0 Å². The molecule has 3 N–H and O–H groups in total. The Morgan fingerprint density at radius 3 is 1.62 bits per heavy atom. The lowest BCUT2D eigenvalue weighted by molar-refractivity contribution is 0.345. The van der Waals surface area contributed by atoms with Crippen molar-refractivity contribution >= 4 is 13.2 Å². The van der Waals surface area contributed by atoms with E-state index in [9.17, 15) is 14.7 Å². The number of unbranched alkanes of at least 4 members (excludes halogenated alkanes) is 2. The van der Waals surface area contributed by atoms with E-state index in [1.807, 2.05) is 6.07 Å². The van der Waals surface area contributed by atoms with Crippen LogP contribution in [-0.4, -0.2) is 14.7 Å². The third kappa shape index (κ3) is 5.76. The first kappa shape index (κ1) is 23.6. The molecular weight excluding hydrogens is 343 g/mol. The van der Waals surface area contributed by atoms with Crippen molar-refractivity contribution in [3.63, 3.8) is 0 Å². The van der Waals surface area contributed by atoms with Crippen molar-refractivity contribution < 1.29 is 14.7 Å². The fraction of sp³-hybridized carbons (Fsp3) is 0.727. The van der Waals surface area contributed by atoms with Crippen LogP contribution in [0.4, 0.5) is 0 Å². The molecule has 0 heterocycles. The first-order chi connectivity index (χ1) is 11.7. The molecule has 4 heteroatoms. The zero-order chi connectivity index (χ0) is 20.3. The Morgan fingerprint density at radius 2 is 1.23 bits per heavy atom. The van der Waals surface area contributed by atoms with Crippen LogP contribution in [0.25, 0.3) is 0 Å². The van der Waals surface area contributed by atoms with Gasteiger partial charge in [0.25, 0.3) is 0 Å². The highest BCUT2D eigenvalue weighted by molar-refractivity contribution is 7.66. The Labute approximate surface area is 161 Å². The predicted molar refractivity (Wildman–Crippen MR) is 114 cm³/mol. The molecular formula is C22H40O3P+. The second kappa shape index (κ2) is 8.69. The topological polar surface area (TPSA) is 60.7 Å². The van der Waals surface area contributed by atoms with Gasteiger partial charge in [-0.2, -0.15) is 14.7 Å². The molecule has 0 atom stereocenters. The van der Waals surface area contributed by atoms with Gasteiger partial charge in [-0.3, -0.25) is 0 Å². The summed E-state index contributed by atoms with van der Waals surface area (Å²) in [5.41, 5.74) is 4.33. The Kier molecular flexibility index (Phi) is 7.88. The summed E-state index contributed by atoms with van der Waals surface area (Å²) in [6, 6.07) is 1.89. The van der Waals surface area contributed by atoms with Gasteiger partial charge in [-0.1, -0.05) is 68.2 Å². The summed E-state index contributed by atoms with van der Waals surface area (Å²) in [6.45, 7) is 17.3. The van der Waals surface area contributed by atoms with E-state index in [1.165, 1.54) is 11.1 Å². The van der Waals surface area contributed by atoms with E-state index in [4.69, 9.17) is 0 Å². The Balaban J connectivity index is 3.96. The first-order valence-electron chi connectivity index (χ1n) is 10.0. The SMILES string of the molecule is CCCCc1cc([P+](O)(O)O)c(C(C)(C)C)c(CCCC)c1C(C)(C)C. The minimum absolute atomic E-state index is 0.0356. The predicted octanol–water partition coefficient (Wildman–Crippen LogP) is 5.33. The smallest absolute Gasteiger partial charge is 0.189 e. The minimum atomic E-state index is -4.09. The molecule has 0 bridgehead atoms. The van der Waals surface area contributed by atoms with Crippen molar-refractivity contribution in [2.75, 3.05) is 0 Å². The molecule has 1 aromatic rings. The summed E-state index contributed by atoms with van der Waals surface area (Å²) in [6.07, 6.45) is 6.08. The molecule has 0 aliphatic rings. The van der Waals surface area contributed by atoms with Crippen molar-refractivity contribution in [1.29, 1.82) is 0 Å². The maximum Gasteiger partial charge on any atom is 0.441 e. The lowest BCUT2D eigenvalue weighted by Crippen LogP contribution is -2.32. The fourth-order valence-corrected chi connectivity index (χ4v) is 5.06. The molecule has 150 valence electrons. The average Bonchev–Trinajstić information content (AvgIpc) is 2.46. The van der Waals surface area contributed by atoms with Gasteiger partial charge in [0.1, 0.15) is 0 Å². The van der Waals surface area contributed by atoms with E-state index >= 15 is 0 Å². The third-order valence-electron chi connectivity index (χ3n) is 4.89. The van der Waals surface area contributed by atoms with Crippen molar-refractivity contribution in [2.24, 2.45) is 0 Å². The molecule has 1 aromatic carbocycles. The number of benzene rings is 1. The average molecular weight is 384 g/mol. The zero-order valence-corrected chi connectivity index (χ0v) is 19.0. The molecule has 0 saturated carbocycles. The molecule has 0 radical (unpaired) electrons. The molecule has 0 aliphatic carbocycles. The summed E-state index contributed by atoms with van der Waals surface area (Å²) in [5.74, 6) is 0. The van der Waals surface area contributed by atoms with Crippen molar-refractivity contribution in [2.45, 2.75) is 105 Å². The fourth-order valence-electron chi connectivity index (χ4n) is 3.96. The number of rotatable bonds is 7. The second-order valence-corrected chi connectivity index (χ2v) is 11.2. The second-order valence-electron chi connectivity index (χ2n) is 9.56. The number of aryl methyl sites for hydroxylation is 1. The van der Waals surface area contributed by atoms with E-state index in [0.717, 1.165) is 49.7 Å². The van der Waals surface area contributed by atoms with Crippen molar-refractivity contribution in [3.8, 4) is 0 Å². The van der Waals surface area contributed by atoms with Gasteiger partial charge < -0.3 is 0 Å². The van der Waals surface area contributed by atoms with Crippen LogP contribution in [0, 0.1) is 0 Å². The van der Waals surface area contributed by atoms with Gasteiger partial charge >= 0.3 is 7.94 Å². The van der Waals surface area contributed by atoms with Gasteiger partial charge in [0.2, 0.25) is 0 Å². The first-order valence-corrected chi connectivity index (χ1v) is 11.7. The molecule has 0 saturated heterocycles. The monoisotopic (exact) mass is 383 g/mol.